The van der Waals surface area contributed by atoms with Crippen molar-refractivity contribution in [2.24, 2.45) is 5.92 Å². The van der Waals surface area contributed by atoms with Gasteiger partial charge in [-0.2, -0.15) is 11.8 Å². The summed E-state index contributed by atoms with van der Waals surface area (Å²) in [5.74, 6) is 2.83. The summed E-state index contributed by atoms with van der Waals surface area (Å²) in [7, 11) is 0. The van der Waals surface area contributed by atoms with Crippen molar-refractivity contribution in [1.29, 1.82) is 0 Å². The predicted molar refractivity (Wildman–Crippen MR) is 112 cm³/mol. The van der Waals surface area contributed by atoms with E-state index in [0.717, 1.165) is 39.0 Å². The van der Waals surface area contributed by atoms with Crippen molar-refractivity contribution in [1.82, 2.24) is 9.80 Å². The van der Waals surface area contributed by atoms with Crippen molar-refractivity contribution in [2.45, 2.75) is 25.3 Å². The van der Waals surface area contributed by atoms with Gasteiger partial charge in [0.05, 0.1) is 4.92 Å². The normalized spacial score (nSPS) is 24.5. The Morgan fingerprint density at radius 2 is 1.75 bits per heavy atom. The van der Waals surface area contributed by atoms with Gasteiger partial charge in [0, 0.05) is 63.0 Å². The number of nitro groups is 1. The van der Waals surface area contributed by atoms with Crippen LogP contribution in [0.5, 0.6) is 0 Å². The van der Waals surface area contributed by atoms with E-state index in [9.17, 15) is 14.9 Å². The van der Waals surface area contributed by atoms with Gasteiger partial charge in [0.1, 0.15) is 5.69 Å². The van der Waals surface area contributed by atoms with Crippen LogP contribution >= 0.6 is 11.8 Å². The average molecular weight is 405 g/mol. The number of anilines is 1. The lowest BCUT2D eigenvalue weighted by Crippen LogP contribution is -2.54. The van der Waals surface area contributed by atoms with E-state index in [1.165, 1.54) is 17.9 Å². The highest BCUT2D eigenvalue weighted by Gasteiger charge is 2.33. The number of rotatable bonds is 4. The summed E-state index contributed by atoms with van der Waals surface area (Å²) in [5.41, 5.74) is 0.815. The van der Waals surface area contributed by atoms with E-state index in [1.807, 2.05) is 22.7 Å². The number of para-hydroxylation sites is 2. The molecule has 3 heterocycles. The molecule has 0 aliphatic carbocycles. The molecule has 0 N–H and O–H groups in total. The van der Waals surface area contributed by atoms with Crippen LogP contribution in [-0.4, -0.2) is 77.4 Å². The van der Waals surface area contributed by atoms with Gasteiger partial charge in [-0.3, -0.25) is 19.8 Å². The highest BCUT2D eigenvalue weighted by atomic mass is 32.2. The molecule has 0 bridgehead atoms. The highest BCUT2D eigenvalue weighted by Crippen LogP contribution is 2.32. The molecule has 4 rings (SSSR count). The van der Waals surface area contributed by atoms with Gasteiger partial charge in [-0.05, 0) is 31.1 Å². The lowest BCUT2D eigenvalue weighted by Gasteiger charge is -2.40. The van der Waals surface area contributed by atoms with Crippen LogP contribution in [0.15, 0.2) is 24.3 Å². The maximum atomic E-state index is 13.0. The molecular formula is C20H28N4O3S. The molecule has 0 aromatic heterocycles. The molecule has 1 aromatic carbocycles. The minimum Gasteiger partial charge on any atom is -0.366 e. The van der Waals surface area contributed by atoms with E-state index in [4.69, 9.17) is 0 Å². The third-order valence-corrected chi connectivity index (χ3v) is 7.46. The van der Waals surface area contributed by atoms with Gasteiger partial charge in [-0.25, -0.2) is 0 Å². The van der Waals surface area contributed by atoms with Gasteiger partial charge in [-0.15, -0.1) is 0 Å². The van der Waals surface area contributed by atoms with Crippen LogP contribution in [0.2, 0.25) is 0 Å². The summed E-state index contributed by atoms with van der Waals surface area (Å²) in [6.45, 7) is 5.05. The molecule has 0 saturated carbocycles. The average Bonchev–Trinajstić information content (AvgIpc) is 3.28. The van der Waals surface area contributed by atoms with Crippen LogP contribution in [-0.2, 0) is 4.79 Å². The second-order valence-electron chi connectivity index (χ2n) is 7.89. The summed E-state index contributed by atoms with van der Waals surface area (Å²) in [4.78, 5) is 30.6. The number of nitro benzene ring substituents is 1. The maximum Gasteiger partial charge on any atom is 0.292 e. The first-order valence-corrected chi connectivity index (χ1v) is 11.4. The Balaban J connectivity index is 1.29. The Morgan fingerprint density at radius 3 is 2.39 bits per heavy atom. The number of piperidine rings is 1. The molecule has 0 radical (unpaired) electrons. The fraction of sp³-hybridized carbons (Fsp3) is 0.650. The Hall–Kier alpha value is -1.80. The molecule has 8 heteroatoms. The van der Waals surface area contributed by atoms with E-state index in [1.54, 1.807) is 18.2 Å². The number of nitrogens with zero attached hydrogens (tertiary/aromatic N) is 4. The summed E-state index contributed by atoms with van der Waals surface area (Å²) >= 11 is 2.04. The monoisotopic (exact) mass is 404 g/mol. The van der Waals surface area contributed by atoms with Crippen LogP contribution in [0.4, 0.5) is 11.4 Å². The van der Waals surface area contributed by atoms with Crippen LogP contribution in [0.3, 0.4) is 0 Å². The molecule has 3 aliphatic rings. The van der Waals surface area contributed by atoms with Crippen molar-refractivity contribution in [3.8, 4) is 0 Å². The Kier molecular flexibility index (Phi) is 6.06. The maximum absolute atomic E-state index is 13.0. The van der Waals surface area contributed by atoms with Crippen molar-refractivity contribution < 1.29 is 9.72 Å². The lowest BCUT2D eigenvalue weighted by molar-refractivity contribution is -0.384. The molecular weight excluding hydrogens is 376 g/mol. The largest absolute Gasteiger partial charge is 0.366 e. The molecule has 3 saturated heterocycles. The van der Waals surface area contributed by atoms with Crippen LogP contribution in [0.25, 0.3) is 0 Å². The molecule has 3 aliphatic heterocycles. The fourth-order valence-corrected chi connectivity index (χ4v) is 5.88. The Bertz CT molecular complexity index is 709. The van der Waals surface area contributed by atoms with Crippen LogP contribution < -0.4 is 4.90 Å². The minimum atomic E-state index is -0.324. The van der Waals surface area contributed by atoms with E-state index in [0.29, 0.717) is 24.8 Å². The number of amides is 1. The van der Waals surface area contributed by atoms with Gasteiger partial charge >= 0.3 is 0 Å². The first-order valence-electron chi connectivity index (χ1n) is 10.2. The lowest BCUT2D eigenvalue weighted by atomic mass is 9.94. The number of carbonyl (C=O) groups is 1. The Labute approximate surface area is 170 Å². The number of carbonyl (C=O) groups excluding carboxylic acids is 1. The second-order valence-corrected chi connectivity index (χ2v) is 9.04. The van der Waals surface area contributed by atoms with Crippen molar-refractivity contribution >= 4 is 29.0 Å². The quantitative estimate of drug-likeness (QED) is 0.567. The smallest absolute Gasteiger partial charge is 0.292 e. The molecule has 0 spiro atoms. The Morgan fingerprint density at radius 1 is 1.04 bits per heavy atom. The minimum absolute atomic E-state index is 0.0487. The highest BCUT2D eigenvalue weighted by molar-refractivity contribution is 7.99. The summed E-state index contributed by atoms with van der Waals surface area (Å²) in [5, 5.41) is 11.3. The summed E-state index contributed by atoms with van der Waals surface area (Å²) in [6, 6.07) is 7.59. The van der Waals surface area contributed by atoms with Crippen LogP contribution in [0, 0.1) is 16.0 Å². The zero-order chi connectivity index (χ0) is 19.5. The predicted octanol–water partition coefficient (Wildman–Crippen LogP) is 2.46. The number of benzene rings is 1. The number of thioether (sulfide) groups is 1. The van der Waals surface area contributed by atoms with Crippen molar-refractivity contribution in [3.05, 3.63) is 34.4 Å². The van der Waals surface area contributed by atoms with Crippen molar-refractivity contribution in [3.63, 3.8) is 0 Å². The van der Waals surface area contributed by atoms with Crippen molar-refractivity contribution in [2.75, 3.05) is 55.7 Å². The third kappa shape index (κ3) is 4.12. The summed E-state index contributed by atoms with van der Waals surface area (Å²) in [6.07, 6.45) is 2.82. The fourth-order valence-electron chi connectivity index (χ4n) is 4.63. The first kappa shape index (κ1) is 19.5. The van der Waals surface area contributed by atoms with Crippen LogP contribution in [0.1, 0.15) is 19.3 Å². The molecule has 1 amide bonds. The van der Waals surface area contributed by atoms with E-state index >= 15 is 0 Å². The molecule has 3 fully saturated rings. The van der Waals surface area contributed by atoms with E-state index in [-0.39, 0.29) is 22.4 Å². The first-order chi connectivity index (χ1) is 13.6. The van der Waals surface area contributed by atoms with Gasteiger partial charge in [0.2, 0.25) is 5.91 Å². The molecule has 152 valence electrons. The zero-order valence-electron chi connectivity index (χ0n) is 16.2. The SMILES string of the molecule is O=C(C1CCN(c2ccccc2[N+](=O)[O-])CC1)N1CCN([C@@H]2CCSC2)CC1. The zero-order valence-corrected chi connectivity index (χ0v) is 17.0. The van der Waals surface area contributed by atoms with Gasteiger partial charge in [0.15, 0.2) is 0 Å². The van der Waals surface area contributed by atoms with Gasteiger partial charge in [0.25, 0.3) is 5.69 Å². The molecule has 7 nitrogen and oxygen atoms in total. The molecule has 1 aromatic rings. The van der Waals surface area contributed by atoms with Gasteiger partial charge in [-0.1, -0.05) is 12.1 Å². The molecule has 28 heavy (non-hydrogen) atoms. The molecule has 1 atom stereocenters. The second kappa shape index (κ2) is 8.69. The standard InChI is InChI=1S/C20H28N4O3S/c25-20(23-12-10-21(11-13-23)17-7-14-28-15-17)16-5-8-22(9-6-16)18-3-1-2-4-19(18)24(26)27/h1-4,16-17H,5-15H2/t17-/m1/s1. The van der Waals surface area contributed by atoms with Gasteiger partial charge < -0.3 is 9.80 Å². The third-order valence-electron chi connectivity index (χ3n) is 6.31. The number of hydrogen-bond donors (Lipinski definition) is 0. The number of piperazine rings is 1. The summed E-state index contributed by atoms with van der Waals surface area (Å²) < 4.78 is 0. The van der Waals surface area contributed by atoms with E-state index < -0.39 is 0 Å². The topological polar surface area (TPSA) is 69.9 Å². The molecule has 0 unspecified atom stereocenters. The van der Waals surface area contributed by atoms with E-state index in [2.05, 4.69) is 9.80 Å². The number of hydrogen-bond acceptors (Lipinski definition) is 6.